The first-order valence-electron chi connectivity index (χ1n) is 11.0. The predicted molar refractivity (Wildman–Crippen MR) is 141 cm³/mol. The van der Waals surface area contributed by atoms with Crippen molar-refractivity contribution in [3.63, 3.8) is 0 Å². The molecule has 0 fully saturated rings. The molecule has 3 aromatic carbocycles. The Kier molecular flexibility index (Phi) is 6.66. The van der Waals surface area contributed by atoms with E-state index in [4.69, 9.17) is 4.98 Å². The molecule has 2 N–H and O–H groups in total. The third-order valence-electron chi connectivity index (χ3n) is 5.56. The number of rotatable bonds is 6. The van der Waals surface area contributed by atoms with Gasteiger partial charge in [-0.05, 0) is 62.2 Å². The first-order valence-corrected chi connectivity index (χ1v) is 12.9. The van der Waals surface area contributed by atoms with Crippen molar-refractivity contribution in [2.45, 2.75) is 20.8 Å². The summed E-state index contributed by atoms with van der Waals surface area (Å²) in [5, 5.41) is 5.01. The Morgan fingerprint density at radius 3 is 2.37 bits per heavy atom. The van der Waals surface area contributed by atoms with Gasteiger partial charge in [0.25, 0.3) is 5.91 Å². The molecule has 8 heteroatoms. The van der Waals surface area contributed by atoms with Crippen LogP contribution in [-0.4, -0.2) is 31.3 Å². The average molecular weight is 487 g/mol. The number of hydrogen-bond donors (Lipinski definition) is 2. The quantitative estimate of drug-likeness (QED) is 0.294. The minimum atomic E-state index is -3.35. The van der Waals surface area contributed by atoms with E-state index in [0.29, 0.717) is 17.0 Å². The van der Waals surface area contributed by atoms with E-state index in [1.54, 1.807) is 37.3 Å². The second-order valence-corrected chi connectivity index (χ2v) is 10.2. The van der Waals surface area contributed by atoms with Crippen molar-refractivity contribution >= 4 is 38.2 Å². The predicted octanol–water partition coefficient (Wildman–Crippen LogP) is 5.04. The van der Waals surface area contributed by atoms with Crippen LogP contribution < -0.4 is 10.1 Å². The van der Waals surface area contributed by atoms with Gasteiger partial charge in [-0.25, -0.2) is 18.8 Å². The standard InChI is InChI=1S/C27H26N4O3S/c1-17-9-10-18(2)23(15-17)26-16-24(22-7-5-6-8-25(22)28-26)27(32)30-29-19(3)20-11-13-21(14-12-20)31-35(4,33)34/h5-16,31H,1-4H3,(H,30,32)/b29-19+. The summed E-state index contributed by atoms with van der Waals surface area (Å²) < 4.78 is 25.2. The molecule has 0 saturated heterocycles. The van der Waals surface area contributed by atoms with Gasteiger partial charge in [0.05, 0.1) is 28.7 Å². The lowest BCUT2D eigenvalue weighted by molar-refractivity contribution is 0.0956. The van der Waals surface area contributed by atoms with E-state index in [-0.39, 0.29) is 5.91 Å². The van der Waals surface area contributed by atoms with Crippen LogP contribution in [0.25, 0.3) is 22.2 Å². The minimum absolute atomic E-state index is 0.343. The number of hydrogen-bond acceptors (Lipinski definition) is 5. The Morgan fingerprint density at radius 2 is 1.66 bits per heavy atom. The van der Waals surface area contributed by atoms with Crippen LogP contribution in [0.5, 0.6) is 0 Å². The Hall–Kier alpha value is -4.04. The fraction of sp³-hybridized carbons (Fsp3) is 0.148. The van der Waals surface area contributed by atoms with Gasteiger partial charge in [0.15, 0.2) is 0 Å². The molecule has 35 heavy (non-hydrogen) atoms. The summed E-state index contributed by atoms with van der Waals surface area (Å²) in [6.07, 6.45) is 1.09. The van der Waals surface area contributed by atoms with Crippen LogP contribution in [0.3, 0.4) is 0 Å². The highest BCUT2D eigenvalue weighted by Crippen LogP contribution is 2.28. The van der Waals surface area contributed by atoms with E-state index in [2.05, 4.69) is 27.4 Å². The second-order valence-electron chi connectivity index (χ2n) is 8.48. The molecule has 0 aliphatic carbocycles. The van der Waals surface area contributed by atoms with Crippen molar-refractivity contribution in [1.29, 1.82) is 0 Å². The summed E-state index contributed by atoms with van der Waals surface area (Å²) in [6, 6.07) is 22.3. The number of carbonyl (C=O) groups excluding carboxylic acids is 1. The lowest BCUT2D eigenvalue weighted by Gasteiger charge is -2.12. The van der Waals surface area contributed by atoms with Gasteiger partial charge < -0.3 is 0 Å². The third kappa shape index (κ3) is 5.73. The van der Waals surface area contributed by atoms with Gasteiger partial charge in [0, 0.05) is 16.6 Å². The van der Waals surface area contributed by atoms with Crippen LogP contribution in [0.2, 0.25) is 0 Å². The van der Waals surface area contributed by atoms with Gasteiger partial charge in [-0.15, -0.1) is 0 Å². The number of nitrogens with one attached hydrogen (secondary N) is 2. The van der Waals surface area contributed by atoms with Crippen LogP contribution >= 0.6 is 0 Å². The van der Waals surface area contributed by atoms with Crippen molar-refractivity contribution in [1.82, 2.24) is 10.4 Å². The number of nitrogens with zero attached hydrogens (tertiary/aromatic N) is 2. The highest BCUT2D eigenvalue weighted by molar-refractivity contribution is 7.92. The highest BCUT2D eigenvalue weighted by Gasteiger charge is 2.15. The largest absolute Gasteiger partial charge is 0.284 e. The number of anilines is 1. The monoisotopic (exact) mass is 486 g/mol. The van der Waals surface area contributed by atoms with Crippen LogP contribution in [0.15, 0.2) is 77.9 Å². The van der Waals surface area contributed by atoms with E-state index < -0.39 is 10.0 Å². The number of carbonyl (C=O) groups is 1. The van der Waals surface area contributed by atoms with E-state index in [9.17, 15) is 13.2 Å². The number of hydrazone groups is 1. The maximum Gasteiger partial charge on any atom is 0.272 e. The molecule has 0 radical (unpaired) electrons. The Labute approximate surface area is 205 Å². The van der Waals surface area contributed by atoms with Crippen LogP contribution in [-0.2, 0) is 10.0 Å². The molecule has 0 atom stereocenters. The first-order chi connectivity index (χ1) is 16.6. The number of para-hydroxylation sites is 1. The topological polar surface area (TPSA) is 101 Å². The number of sulfonamides is 1. The highest BCUT2D eigenvalue weighted by atomic mass is 32.2. The van der Waals surface area contributed by atoms with Crippen molar-refractivity contribution in [2.75, 3.05) is 11.0 Å². The number of pyridine rings is 1. The number of fused-ring (bicyclic) bond motifs is 1. The third-order valence-corrected chi connectivity index (χ3v) is 6.17. The molecule has 4 rings (SSSR count). The first kappa shape index (κ1) is 24.1. The summed E-state index contributed by atoms with van der Waals surface area (Å²) in [6.45, 7) is 5.82. The zero-order valence-corrected chi connectivity index (χ0v) is 20.8. The summed E-state index contributed by atoms with van der Waals surface area (Å²) in [5.74, 6) is -0.343. The van der Waals surface area contributed by atoms with E-state index in [1.165, 1.54) is 0 Å². The molecule has 7 nitrogen and oxygen atoms in total. The lowest BCUT2D eigenvalue weighted by Crippen LogP contribution is -2.20. The summed E-state index contributed by atoms with van der Waals surface area (Å²) in [7, 11) is -3.35. The molecular weight excluding hydrogens is 460 g/mol. The SMILES string of the molecule is C/C(=N\NC(=O)c1cc(-c2cc(C)ccc2C)nc2ccccc12)c1ccc(NS(C)(=O)=O)cc1. The van der Waals surface area contributed by atoms with Crippen molar-refractivity contribution in [3.05, 3.63) is 95.1 Å². The minimum Gasteiger partial charge on any atom is -0.284 e. The number of benzene rings is 3. The van der Waals surface area contributed by atoms with Crippen LogP contribution in [0.1, 0.15) is 34.0 Å². The molecular formula is C27H26N4O3S. The summed E-state index contributed by atoms with van der Waals surface area (Å²) in [4.78, 5) is 18.0. The number of aryl methyl sites for hydroxylation is 2. The molecule has 1 aromatic heterocycles. The van der Waals surface area contributed by atoms with Gasteiger partial charge >= 0.3 is 0 Å². The molecule has 0 saturated carbocycles. The normalized spacial score (nSPS) is 11.9. The zero-order valence-electron chi connectivity index (χ0n) is 20.0. The van der Waals surface area contributed by atoms with E-state index in [1.807, 2.05) is 44.2 Å². The molecule has 4 aromatic rings. The lowest BCUT2D eigenvalue weighted by atomic mass is 9.99. The molecule has 0 unspecified atom stereocenters. The van der Waals surface area contributed by atoms with Gasteiger partial charge in [0.2, 0.25) is 10.0 Å². The number of amides is 1. The Balaban J connectivity index is 1.64. The van der Waals surface area contributed by atoms with Crippen molar-refractivity contribution < 1.29 is 13.2 Å². The van der Waals surface area contributed by atoms with E-state index in [0.717, 1.165) is 45.1 Å². The van der Waals surface area contributed by atoms with Crippen LogP contribution in [0, 0.1) is 13.8 Å². The maximum absolute atomic E-state index is 13.2. The van der Waals surface area contributed by atoms with Crippen LogP contribution in [0.4, 0.5) is 5.69 Å². The Bertz CT molecular complexity index is 1560. The molecule has 0 aliphatic heterocycles. The Morgan fingerprint density at radius 1 is 0.943 bits per heavy atom. The molecule has 0 aliphatic rings. The summed E-state index contributed by atoms with van der Waals surface area (Å²) in [5.41, 5.74) is 9.55. The molecule has 1 heterocycles. The molecule has 178 valence electrons. The zero-order chi connectivity index (χ0) is 25.2. The van der Waals surface area contributed by atoms with Gasteiger partial charge in [-0.2, -0.15) is 5.10 Å². The number of aromatic nitrogens is 1. The molecule has 0 bridgehead atoms. The second kappa shape index (κ2) is 9.68. The van der Waals surface area contributed by atoms with E-state index >= 15 is 0 Å². The fourth-order valence-electron chi connectivity index (χ4n) is 3.77. The van der Waals surface area contributed by atoms with Crippen molar-refractivity contribution in [3.8, 4) is 11.3 Å². The van der Waals surface area contributed by atoms with Gasteiger partial charge in [-0.1, -0.05) is 48.0 Å². The smallest absolute Gasteiger partial charge is 0.272 e. The average Bonchev–Trinajstić information content (AvgIpc) is 2.82. The molecule has 1 amide bonds. The van der Waals surface area contributed by atoms with Gasteiger partial charge in [-0.3, -0.25) is 9.52 Å². The summed E-state index contributed by atoms with van der Waals surface area (Å²) >= 11 is 0. The fourth-order valence-corrected chi connectivity index (χ4v) is 4.33. The maximum atomic E-state index is 13.2. The molecule has 0 spiro atoms. The van der Waals surface area contributed by atoms with Gasteiger partial charge in [0.1, 0.15) is 0 Å². The van der Waals surface area contributed by atoms with Crippen molar-refractivity contribution in [2.24, 2.45) is 5.10 Å².